The second-order valence-electron chi connectivity index (χ2n) is 5.76. The first kappa shape index (κ1) is 15.4. The monoisotopic (exact) mass is 301 g/mol. The van der Waals surface area contributed by atoms with Crippen LogP contribution in [0.1, 0.15) is 29.9 Å². The number of pyridine rings is 1. The van der Waals surface area contributed by atoms with E-state index in [-0.39, 0.29) is 5.91 Å². The molecule has 4 nitrogen and oxygen atoms in total. The number of nitrogens with zero attached hydrogens (tertiary/aromatic N) is 1. The highest BCUT2D eigenvalue weighted by Gasteiger charge is 2.23. The Labute approximate surface area is 129 Å². The Morgan fingerprint density at radius 3 is 2.71 bits per heavy atom. The minimum absolute atomic E-state index is 0.138. The number of amides is 1. The van der Waals surface area contributed by atoms with Crippen LogP contribution in [0, 0.1) is 12.3 Å². The van der Waals surface area contributed by atoms with Crippen molar-refractivity contribution < 1.29 is 4.79 Å². The van der Waals surface area contributed by atoms with E-state index in [1.165, 1.54) is 0 Å². The molecule has 1 amide bonds. The Hall–Kier alpha value is -2.01. The summed E-state index contributed by atoms with van der Waals surface area (Å²) in [7, 11) is 0. The summed E-state index contributed by atoms with van der Waals surface area (Å²) in [5.41, 5.74) is 7.52. The maximum absolute atomic E-state index is 12.5. The van der Waals surface area contributed by atoms with E-state index in [1.807, 2.05) is 45.0 Å². The molecule has 2 rings (SSSR count). The first-order valence-corrected chi connectivity index (χ1v) is 7.16. The second-order valence-corrected chi connectivity index (χ2v) is 6.20. The van der Waals surface area contributed by atoms with Gasteiger partial charge in [-0.25, -0.2) is 0 Å². The number of hydrogen-bond acceptors (Lipinski definition) is 3. The molecule has 21 heavy (non-hydrogen) atoms. The molecule has 0 aliphatic heterocycles. The molecule has 0 bridgehead atoms. The van der Waals surface area contributed by atoms with E-state index in [1.54, 1.807) is 6.07 Å². The summed E-state index contributed by atoms with van der Waals surface area (Å²) in [6, 6.07) is 9.40. The number of thiocarbonyl (C=S) groups is 1. The number of para-hydroxylation sites is 1. The molecule has 0 radical (unpaired) electrons. The number of carbonyl (C=O) groups is 1. The SMILES string of the molecule is Cc1cc(C(=O)NCC(C)(C)C(N)=S)c2ccccc2n1. The summed E-state index contributed by atoms with van der Waals surface area (Å²) >= 11 is 5.01. The average molecular weight is 301 g/mol. The molecule has 0 aliphatic carbocycles. The highest BCUT2D eigenvalue weighted by Crippen LogP contribution is 2.19. The van der Waals surface area contributed by atoms with Crippen LogP contribution in [0.2, 0.25) is 0 Å². The minimum atomic E-state index is -0.414. The van der Waals surface area contributed by atoms with Gasteiger partial charge in [-0.05, 0) is 19.1 Å². The van der Waals surface area contributed by atoms with Crippen molar-refractivity contribution in [2.45, 2.75) is 20.8 Å². The number of nitrogens with two attached hydrogens (primary N) is 1. The molecule has 2 aromatic rings. The zero-order valence-electron chi connectivity index (χ0n) is 12.4. The highest BCUT2D eigenvalue weighted by atomic mass is 32.1. The van der Waals surface area contributed by atoms with Crippen molar-refractivity contribution in [1.29, 1.82) is 0 Å². The van der Waals surface area contributed by atoms with Crippen LogP contribution in [0.15, 0.2) is 30.3 Å². The molecule has 0 spiro atoms. The van der Waals surface area contributed by atoms with Gasteiger partial charge in [0.1, 0.15) is 0 Å². The fraction of sp³-hybridized carbons (Fsp3) is 0.312. The zero-order chi connectivity index (χ0) is 15.6. The van der Waals surface area contributed by atoms with E-state index in [4.69, 9.17) is 18.0 Å². The lowest BCUT2D eigenvalue weighted by molar-refractivity contribution is 0.0946. The largest absolute Gasteiger partial charge is 0.393 e. The molecular formula is C16H19N3OS. The Morgan fingerprint density at radius 1 is 1.38 bits per heavy atom. The zero-order valence-corrected chi connectivity index (χ0v) is 13.3. The van der Waals surface area contributed by atoms with Crippen molar-refractivity contribution in [3.63, 3.8) is 0 Å². The van der Waals surface area contributed by atoms with E-state index in [0.29, 0.717) is 17.1 Å². The second kappa shape index (κ2) is 5.77. The molecular weight excluding hydrogens is 282 g/mol. The molecule has 1 heterocycles. The number of fused-ring (bicyclic) bond motifs is 1. The summed E-state index contributed by atoms with van der Waals surface area (Å²) < 4.78 is 0. The summed E-state index contributed by atoms with van der Waals surface area (Å²) in [6.07, 6.45) is 0. The molecule has 0 unspecified atom stereocenters. The Kier molecular flexibility index (Phi) is 4.23. The van der Waals surface area contributed by atoms with Crippen LogP contribution in [-0.2, 0) is 0 Å². The van der Waals surface area contributed by atoms with Crippen LogP contribution in [0.4, 0.5) is 0 Å². The van der Waals surface area contributed by atoms with Gasteiger partial charge < -0.3 is 11.1 Å². The Balaban J connectivity index is 2.30. The first-order chi connectivity index (χ1) is 9.81. The minimum Gasteiger partial charge on any atom is -0.393 e. The standard InChI is InChI=1S/C16H19N3OS/c1-10-8-12(11-6-4-5-7-13(11)19-10)14(20)18-9-16(2,3)15(17)21/h4-8H,9H2,1-3H3,(H2,17,21)(H,18,20). The quantitative estimate of drug-likeness (QED) is 0.852. The topological polar surface area (TPSA) is 68.0 Å². The summed E-state index contributed by atoms with van der Waals surface area (Å²) in [4.78, 5) is 17.3. The van der Waals surface area contributed by atoms with Crippen LogP contribution in [0.3, 0.4) is 0 Å². The van der Waals surface area contributed by atoms with Gasteiger partial charge in [0.25, 0.3) is 5.91 Å². The molecule has 0 fully saturated rings. The average Bonchev–Trinajstić information content (AvgIpc) is 2.43. The molecule has 110 valence electrons. The molecule has 0 saturated heterocycles. The summed E-state index contributed by atoms with van der Waals surface area (Å²) in [6.45, 7) is 6.09. The van der Waals surface area contributed by atoms with Gasteiger partial charge in [0.05, 0.1) is 16.1 Å². The van der Waals surface area contributed by atoms with Crippen LogP contribution < -0.4 is 11.1 Å². The predicted molar refractivity (Wildman–Crippen MR) is 89.4 cm³/mol. The summed E-state index contributed by atoms with van der Waals surface area (Å²) in [5, 5.41) is 3.75. The number of rotatable bonds is 4. The maximum atomic E-state index is 12.5. The van der Waals surface area contributed by atoms with Crippen molar-refractivity contribution in [3.05, 3.63) is 41.6 Å². The van der Waals surface area contributed by atoms with E-state index in [0.717, 1.165) is 16.6 Å². The van der Waals surface area contributed by atoms with Crippen LogP contribution >= 0.6 is 12.2 Å². The molecule has 1 aromatic heterocycles. The Bertz CT molecular complexity index is 710. The van der Waals surface area contributed by atoms with Gasteiger partial charge in [0, 0.05) is 23.0 Å². The first-order valence-electron chi connectivity index (χ1n) is 6.76. The van der Waals surface area contributed by atoms with Crippen molar-refractivity contribution in [2.75, 3.05) is 6.54 Å². The summed E-state index contributed by atoms with van der Waals surface area (Å²) in [5.74, 6) is -0.138. The molecule has 3 N–H and O–H groups in total. The molecule has 0 aliphatic rings. The van der Waals surface area contributed by atoms with Gasteiger partial charge in [-0.2, -0.15) is 0 Å². The number of aryl methyl sites for hydroxylation is 1. The predicted octanol–water partition coefficient (Wildman–Crippen LogP) is 2.59. The van der Waals surface area contributed by atoms with Crippen molar-refractivity contribution in [3.8, 4) is 0 Å². The number of nitrogens with one attached hydrogen (secondary N) is 1. The van der Waals surface area contributed by atoms with Crippen LogP contribution in [-0.4, -0.2) is 22.4 Å². The third kappa shape index (κ3) is 3.36. The third-order valence-electron chi connectivity index (χ3n) is 3.45. The van der Waals surface area contributed by atoms with Crippen molar-refractivity contribution in [2.24, 2.45) is 11.1 Å². The van der Waals surface area contributed by atoms with Crippen molar-refractivity contribution in [1.82, 2.24) is 10.3 Å². The van der Waals surface area contributed by atoms with Crippen molar-refractivity contribution >= 4 is 34.0 Å². The fourth-order valence-corrected chi connectivity index (χ4v) is 2.05. The number of benzene rings is 1. The Morgan fingerprint density at radius 2 is 2.05 bits per heavy atom. The van der Waals surface area contributed by atoms with E-state index >= 15 is 0 Å². The van der Waals surface area contributed by atoms with E-state index in [2.05, 4.69) is 10.3 Å². The maximum Gasteiger partial charge on any atom is 0.252 e. The van der Waals surface area contributed by atoms with Gasteiger partial charge >= 0.3 is 0 Å². The smallest absolute Gasteiger partial charge is 0.252 e. The van der Waals surface area contributed by atoms with Crippen LogP contribution in [0.25, 0.3) is 10.9 Å². The molecule has 0 saturated carbocycles. The number of aromatic nitrogens is 1. The lowest BCUT2D eigenvalue weighted by atomic mass is 9.93. The number of carbonyl (C=O) groups excluding carboxylic acids is 1. The lowest BCUT2D eigenvalue weighted by Crippen LogP contribution is -2.41. The van der Waals surface area contributed by atoms with E-state index in [9.17, 15) is 4.79 Å². The third-order valence-corrected chi connectivity index (χ3v) is 4.00. The van der Waals surface area contributed by atoms with Gasteiger partial charge in [0.2, 0.25) is 0 Å². The molecule has 0 atom stereocenters. The van der Waals surface area contributed by atoms with E-state index < -0.39 is 5.41 Å². The van der Waals surface area contributed by atoms with Crippen LogP contribution in [0.5, 0.6) is 0 Å². The van der Waals surface area contributed by atoms with Gasteiger partial charge in [-0.3, -0.25) is 9.78 Å². The molecule has 5 heteroatoms. The molecule has 1 aromatic carbocycles. The fourth-order valence-electron chi connectivity index (χ4n) is 1.98. The normalized spacial score (nSPS) is 11.4. The van der Waals surface area contributed by atoms with Gasteiger partial charge in [-0.15, -0.1) is 0 Å². The van der Waals surface area contributed by atoms with Gasteiger partial charge in [0.15, 0.2) is 0 Å². The van der Waals surface area contributed by atoms with Gasteiger partial charge in [-0.1, -0.05) is 44.3 Å². The lowest BCUT2D eigenvalue weighted by Gasteiger charge is -2.23. The number of hydrogen-bond donors (Lipinski definition) is 2. The highest BCUT2D eigenvalue weighted by molar-refractivity contribution is 7.80.